The molecular weight excluding hydrogens is 416 g/mol. The van der Waals surface area contributed by atoms with Gasteiger partial charge in [-0.25, -0.2) is 13.2 Å². The summed E-state index contributed by atoms with van der Waals surface area (Å²) in [6.45, 7) is 8.84. The van der Waals surface area contributed by atoms with Crippen molar-refractivity contribution in [1.29, 1.82) is 0 Å². The summed E-state index contributed by atoms with van der Waals surface area (Å²) in [4.78, 5) is 14.8. The minimum Gasteiger partial charge on any atom is -0.457 e. The largest absolute Gasteiger partial charge is 0.457 e. The van der Waals surface area contributed by atoms with Crippen LogP contribution in [0.4, 0.5) is 0 Å². The highest BCUT2D eigenvalue weighted by molar-refractivity contribution is 7.89. The molecule has 0 bridgehead atoms. The first-order chi connectivity index (χ1) is 13.7. The minimum absolute atomic E-state index is 0.0752. The number of halogens is 1. The number of piperidine rings is 1. The Labute approximate surface area is 178 Å². The van der Waals surface area contributed by atoms with Crippen LogP contribution in [0.25, 0.3) is 0 Å². The van der Waals surface area contributed by atoms with E-state index in [9.17, 15) is 13.2 Å². The van der Waals surface area contributed by atoms with Crippen LogP contribution in [0.15, 0.2) is 23.1 Å². The zero-order valence-electron chi connectivity index (χ0n) is 17.1. The van der Waals surface area contributed by atoms with Crippen LogP contribution in [-0.4, -0.2) is 74.6 Å². The Balaban J connectivity index is 1.79. The van der Waals surface area contributed by atoms with E-state index in [-0.39, 0.29) is 46.9 Å². The fourth-order valence-corrected chi connectivity index (χ4v) is 6.00. The van der Waals surface area contributed by atoms with Crippen LogP contribution in [0.5, 0.6) is 0 Å². The van der Waals surface area contributed by atoms with Gasteiger partial charge in [0.1, 0.15) is 11.0 Å². The number of benzene rings is 1. The van der Waals surface area contributed by atoms with Gasteiger partial charge >= 0.3 is 5.97 Å². The SMILES string of the molecule is CCN1CCCC(OC(=O)c2ccc(Cl)c(S(=O)(=O)N3CC(C)OC(C)C3)c2)C1. The molecule has 0 N–H and O–H groups in total. The maximum atomic E-state index is 13.2. The Kier molecular flexibility index (Phi) is 7.22. The number of nitrogens with zero attached hydrogens (tertiary/aromatic N) is 2. The second-order valence-corrected chi connectivity index (χ2v) is 10.1. The molecule has 0 aliphatic carbocycles. The number of likely N-dealkylation sites (tertiary alicyclic amines) is 1. The monoisotopic (exact) mass is 444 g/mol. The number of ether oxygens (including phenoxy) is 2. The van der Waals surface area contributed by atoms with E-state index < -0.39 is 16.0 Å². The van der Waals surface area contributed by atoms with Crippen molar-refractivity contribution < 1.29 is 22.7 Å². The van der Waals surface area contributed by atoms with E-state index in [4.69, 9.17) is 21.1 Å². The number of esters is 1. The van der Waals surface area contributed by atoms with E-state index >= 15 is 0 Å². The molecule has 9 heteroatoms. The Morgan fingerprint density at radius 1 is 1.24 bits per heavy atom. The molecule has 2 heterocycles. The number of hydrogen-bond acceptors (Lipinski definition) is 6. The van der Waals surface area contributed by atoms with E-state index in [1.807, 2.05) is 13.8 Å². The fraction of sp³-hybridized carbons (Fsp3) is 0.650. The van der Waals surface area contributed by atoms with Gasteiger partial charge in [-0.3, -0.25) is 4.90 Å². The Morgan fingerprint density at radius 2 is 1.93 bits per heavy atom. The highest BCUT2D eigenvalue weighted by atomic mass is 35.5. The lowest BCUT2D eigenvalue weighted by molar-refractivity contribution is -0.0440. The number of rotatable bonds is 5. The Hall–Kier alpha value is -1.19. The molecule has 1 aromatic carbocycles. The molecule has 0 amide bonds. The van der Waals surface area contributed by atoms with Gasteiger partial charge < -0.3 is 9.47 Å². The van der Waals surface area contributed by atoms with Gasteiger partial charge in [-0.05, 0) is 58.0 Å². The van der Waals surface area contributed by atoms with E-state index in [0.717, 1.165) is 25.9 Å². The number of hydrogen-bond donors (Lipinski definition) is 0. The summed E-state index contributed by atoms with van der Waals surface area (Å²) in [7, 11) is -3.85. The summed E-state index contributed by atoms with van der Waals surface area (Å²) < 4.78 is 39.0. The molecule has 3 unspecified atom stereocenters. The average Bonchev–Trinajstić information content (AvgIpc) is 2.67. The molecule has 2 aliphatic rings. The zero-order valence-corrected chi connectivity index (χ0v) is 18.7. The van der Waals surface area contributed by atoms with Crippen molar-refractivity contribution in [3.05, 3.63) is 28.8 Å². The third-order valence-electron chi connectivity index (χ3n) is 5.35. The molecule has 0 aromatic heterocycles. The molecule has 3 atom stereocenters. The summed E-state index contributed by atoms with van der Waals surface area (Å²) in [5, 5.41) is 0.0863. The van der Waals surface area contributed by atoms with Crippen molar-refractivity contribution in [2.75, 3.05) is 32.7 Å². The fourth-order valence-electron chi connectivity index (χ4n) is 3.91. The molecule has 0 saturated carbocycles. The molecule has 2 aliphatic heterocycles. The van der Waals surface area contributed by atoms with Gasteiger partial charge in [0.2, 0.25) is 10.0 Å². The number of carbonyl (C=O) groups is 1. The van der Waals surface area contributed by atoms with E-state index in [1.165, 1.54) is 22.5 Å². The van der Waals surface area contributed by atoms with Crippen molar-refractivity contribution in [3.63, 3.8) is 0 Å². The molecule has 2 saturated heterocycles. The third kappa shape index (κ3) is 5.30. The van der Waals surface area contributed by atoms with Gasteiger partial charge in [0.25, 0.3) is 0 Å². The van der Waals surface area contributed by atoms with E-state index in [2.05, 4.69) is 11.8 Å². The predicted molar refractivity (Wildman–Crippen MR) is 111 cm³/mol. The summed E-state index contributed by atoms with van der Waals surface area (Å²) in [6, 6.07) is 4.28. The molecule has 0 radical (unpaired) electrons. The van der Waals surface area contributed by atoms with E-state index in [1.54, 1.807) is 0 Å². The van der Waals surface area contributed by atoms with Crippen LogP contribution in [0, 0.1) is 0 Å². The smallest absolute Gasteiger partial charge is 0.338 e. The van der Waals surface area contributed by atoms with Gasteiger partial charge in [-0.15, -0.1) is 0 Å². The first-order valence-corrected chi connectivity index (χ1v) is 11.9. The van der Waals surface area contributed by atoms with Gasteiger partial charge in [-0.1, -0.05) is 18.5 Å². The minimum atomic E-state index is -3.85. The Bertz CT molecular complexity index is 837. The van der Waals surface area contributed by atoms with Crippen LogP contribution in [0.1, 0.15) is 44.0 Å². The number of likely N-dealkylation sites (N-methyl/N-ethyl adjacent to an activating group) is 1. The van der Waals surface area contributed by atoms with Crippen molar-refractivity contribution in [2.24, 2.45) is 0 Å². The van der Waals surface area contributed by atoms with Crippen LogP contribution < -0.4 is 0 Å². The summed E-state index contributed by atoms with van der Waals surface area (Å²) in [5.74, 6) is -0.523. The summed E-state index contributed by atoms with van der Waals surface area (Å²) >= 11 is 6.21. The van der Waals surface area contributed by atoms with Crippen LogP contribution in [0.2, 0.25) is 5.02 Å². The summed E-state index contributed by atoms with van der Waals surface area (Å²) in [5.41, 5.74) is 0.191. The highest BCUT2D eigenvalue weighted by Crippen LogP contribution is 2.28. The lowest BCUT2D eigenvalue weighted by atomic mass is 10.1. The maximum absolute atomic E-state index is 13.2. The predicted octanol–water partition coefficient (Wildman–Crippen LogP) is 2.78. The first-order valence-electron chi connectivity index (χ1n) is 10.1. The van der Waals surface area contributed by atoms with Crippen LogP contribution in [0.3, 0.4) is 0 Å². The quantitative estimate of drug-likeness (QED) is 0.650. The normalized spacial score (nSPS) is 27.0. The van der Waals surface area contributed by atoms with Crippen molar-refractivity contribution in [2.45, 2.75) is 56.8 Å². The molecule has 162 valence electrons. The maximum Gasteiger partial charge on any atom is 0.338 e. The molecule has 2 fully saturated rings. The van der Waals surface area contributed by atoms with Crippen LogP contribution >= 0.6 is 11.6 Å². The standard InChI is InChI=1S/C20H29ClN2O5S/c1-4-22-9-5-6-17(13-22)28-20(24)16-7-8-18(21)19(10-16)29(25,26)23-11-14(2)27-15(3)12-23/h7-8,10,14-15,17H,4-6,9,11-13H2,1-3H3. The Morgan fingerprint density at radius 3 is 2.59 bits per heavy atom. The second-order valence-electron chi connectivity index (χ2n) is 7.79. The van der Waals surface area contributed by atoms with Gasteiger partial charge in [0, 0.05) is 19.6 Å². The molecule has 0 spiro atoms. The third-order valence-corrected chi connectivity index (χ3v) is 7.67. The lowest BCUT2D eigenvalue weighted by Gasteiger charge is -2.34. The van der Waals surface area contributed by atoms with Crippen LogP contribution in [-0.2, 0) is 19.5 Å². The molecule has 29 heavy (non-hydrogen) atoms. The van der Waals surface area contributed by atoms with Gasteiger partial charge in [-0.2, -0.15) is 4.31 Å². The average molecular weight is 445 g/mol. The molecule has 7 nitrogen and oxygen atoms in total. The van der Waals surface area contributed by atoms with E-state index in [0.29, 0.717) is 6.54 Å². The molecule has 1 aromatic rings. The topological polar surface area (TPSA) is 76.2 Å². The molecule has 3 rings (SSSR count). The van der Waals surface area contributed by atoms with Gasteiger partial charge in [0.15, 0.2) is 0 Å². The van der Waals surface area contributed by atoms with Crippen molar-refractivity contribution in [3.8, 4) is 0 Å². The second kappa shape index (κ2) is 9.31. The number of sulfonamides is 1. The number of carbonyl (C=O) groups excluding carboxylic acids is 1. The van der Waals surface area contributed by atoms with Crippen molar-refractivity contribution >= 4 is 27.6 Å². The number of morpholine rings is 1. The first kappa shape index (κ1) is 22.5. The summed E-state index contributed by atoms with van der Waals surface area (Å²) in [6.07, 6.45) is 1.17. The lowest BCUT2D eigenvalue weighted by Crippen LogP contribution is -2.48. The molecular formula is C20H29ClN2O5S. The highest BCUT2D eigenvalue weighted by Gasteiger charge is 2.34. The van der Waals surface area contributed by atoms with Crippen molar-refractivity contribution in [1.82, 2.24) is 9.21 Å². The van der Waals surface area contributed by atoms with Gasteiger partial charge in [0.05, 0.1) is 22.8 Å². The zero-order chi connectivity index (χ0) is 21.2.